The lowest BCUT2D eigenvalue weighted by atomic mass is 10.1. The minimum Gasteiger partial charge on any atom is -0.346 e. The number of fused-ring (bicyclic) bond motifs is 1. The number of halogens is 3. The third-order valence-corrected chi connectivity index (χ3v) is 7.38. The lowest BCUT2D eigenvalue weighted by molar-refractivity contribution is -0.138. The molecule has 182 valence electrons. The highest BCUT2D eigenvalue weighted by molar-refractivity contribution is 7.91. The van der Waals surface area contributed by atoms with Crippen LogP contribution in [0.5, 0.6) is 0 Å². The molecule has 0 atom stereocenters. The molecule has 0 aliphatic carbocycles. The standard InChI is InChI=1S/C25H22F3N3O3S/c1-2-35(33,34)21-9-8-20(29-15-21)14-30-24(32)18-7-10-23-17(13-18)11-12-31(23)16-19-5-3-4-6-22(19)25(26,27)28/h3-13,15H,2,14,16H2,1H3,(H,30,32). The van der Waals surface area contributed by atoms with Crippen LogP contribution in [0.2, 0.25) is 0 Å². The molecule has 0 fully saturated rings. The third kappa shape index (κ3) is 5.37. The van der Waals surface area contributed by atoms with Crippen LogP contribution in [0.3, 0.4) is 0 Å². The molecule has 0 radical (unpaired) electrons. The molecule has 0 spiro atoms. The summed E-state index contributed by atoms with van der Waals surface area (Å²) in [7, 11) is -3.35. The van der Waals surface area contributed by atoms with Crippen molar-refractivity contribution < 1.29 is 26.4 Å². The molecule has 2 aromatic carbocycles. The van der Waals surface area contributed by atoms with Crippen molar-refractivity contribution in [2.24, 2.45) is 0 Å². The molecular weight excluding hydrogens is 479 g/mol. The number of amides is 1. The second-order valence-electron chi connectivity index (χ2n) is 7.94. The average Bonchev–Trinajstić information content (AvgIpc) is 3.24. The van der Waals surface area contributed by atoms with Gasteiger partial charge in [0.1, 0.15) is 0 Å². The Kier molecular flexibility index (Phi) is 6.66. The monoisotopic (exact) mass is 501 g/mol. The molecule has 0 bridgehead atoms. The van der Waals surface area contributed by atoms with Crippen LogP contribution in [0.4, 0.5) is 13.2 Å². The first-order chi connectivity index (χ1) is 16.6. The largest absolute Gasteiger partial charge is 0.416 e. The van der Waals surface area contributed by atoms with Gasteiger partial charge in [0, 0.05) is 35.4 Å². The van der Waals surface area contributed by atoms with E-state index in [2.05, 4.69) is 10.3 Å². The smallest absolute Gasteiger partial charge is 0.346 e. The van der Waals surface area contributed by atoms with Gasteiger partial charge in [-0.3, -0.25) is 9.78 Å². The predicted octanol–water partition coefficient (Wildman–Crippen LogP) is 4.83. The van der Waals surface area contributed by atoms with Gasteiger partial charge in [-0.05, 0) is 48.0 Å². The van der Waals surface area contributed by atoms with Crippen molar-refractivity contribution in [3.63, 3.8) is 0 Å². The number of pyridine rings is 1. The first-order valence-electron chi connectivity index (χ1n) is 10.8. The van der Waals surface area contributed by atoms with Crippen molar-refractivity contribution >= 4 is 26.6 Å². The van der Waals surface area contributed by atoms with Crippen LogP contribution in [-0.4, -0.2) is 29.6 Å². The Bertz CT molecular complexity index is 1480. The average molecular weight is 502 g/mol. The van der Waals surface area contributed by atoms with E-state index in [0.29, 0.717) is 16.8 Å². The number of hydrogen-bond acceptors (Lipinski definition) is 4. The number of carbonyl (C=O) groups excluding carboxylic acids is 1. The summed E-state index contributed by atoms with van der Waals surface area (Å²) >= 11 is 0. The number of hydrogen-bond donors (Lipinski definition) is 1. The van der Waals surface area contributed by atoms with E-state index in [-0.39, 0.29) is 35.2 Å². The van der Waals surface area contributed by atoms with E-state index < -0.39 is 21.6 Å². The topological polar surface area (TPSA) is 81.1 Å². The van der Waals surface area contributed by atoms with Gasteiger partial charge in [-0.2, -0.15) is 13.2 Å². The van der Waals surface area contributed by atoms with Crippen molar-refractivity contribution in [2.75, 3.05) is 5.75 Å². The molecule has 0 saturated heterocycles. The predicted molar refractivity (Wildman–Crippen MR) is 126 cm³/mol. The van der Waals surface area contributed by atoms with Gasteiger partial charge in [0.25, 0.3) is 5.91 Å². The lowest BCUT2D eigenvalue weighted by Crippen LogP contribution is -2.23. The molecule has 0 unspecified atom stereocenters. The van der Waals surface area contributed by atoms with Crippen LogP contribution in [-0.2, 0) is 29.1 Å². The molecule has 0 aliphatic heterocycles. The van der Waals surface area contributed by atoms with Gasteiger partial charge in [-0.25, -0.2) is 8.42 Å². The van der Waals surface area contributed by atoms with Crippen molar-refractivity contribution in [3.8, 4) is 0 Å². The fourth-order valence-electron chi connectivity index (χ4n) is 3.74. The van der Waals surface area contributed by atoms with Crippen molar-refractivity contribution in [2.45, 2.75) is 31.1 Å². The zero-order valence-corrected chi connectivity index (χ0v) is 19.5. The van der Waals surface area contributed by atoms with E-state index in [9.17, 15) is 26.4 Å². The highest BCUT2D eigenvalue weighted by Gasteiger charge is 2.32. The zero-order chi connectivity index (χ0) is 25.2. The minimum atomic E-state index is -4.44. The molecule has 0 saturated carbocycles. The Hall–Kier alpha value is -3.66. The Balaban J connectivity index is 1.47. The second kappa shape index (κ2) is 9.53. The van der Waals surface area contributed by atoms with E-state index in [0.717, 1.165) is 11.5 Å². The minimum absolute atomic E-state index is 0.0240. The van der Waals surface area contributed by atoms with E-state index in [1.54, 1.807) is 54.1 Å². The summed E-state index contributed by atoms with van der Waals surface area (Å²) in [4.78, 5) is 16.8. The zero-order valence-electron chi connectivity index (χ0n) is 18.7. The van der Waals surface area contributed by atoms with Crippen molar-refractivity contribution in [1.29, 1.82) is 0 Å². The van der Waals surface area contributed by atoms with Crippen molar-refractivity contribution in [1.82, 2.24) is 14.9 Å². The number of aromatic nitrogens is 2. The number of alkyl halides is 3. The molecule has 35 heavy (non-hydrogen) atoms. The number of sulfone groups is 1. The number of nitrogens with one attached hydrogen (secondary N) is 1. The second-order valence-corrected chi connectivity index (χ2v) is 10.2. The summed E-state index contributed by atoms with van der Waals surface area (Å²) < 4.78 is 65.4. The Labute approximate surface area is 200 Å². The molecule has 6 nitrogen and oxygen atoms in total. The molecule has 10 heteroatoms. The van der Waals surface area contributed by atoms with Crippen LogP contribution in [0.15, 0.2) is 78.0 Å². The van der Waals surface area contributed by atoms with Crippen molar-refractivity contribution in [3.05, 3.63) is 95.4 Å². The quantitative estimate of drug-likeness (QED) is 0.394. The summed E-state index contributed by atoms with van der Waals surface area (Å²) in [6, 6.07) is 15.2. The van der Waals surface area contributed by atoms with Crippen LogP contribution in [0.1, 0.15) is 34.1 Å². The molecule has 2 aromatic heterocycles. The van der Waals surface area contributed by atoms with E-state index in [1.807, 2.05) is 0 Å². The van der Waals surface area contributed by atoms with E-state index >= 15 is 0 Å². The SMILES string of the molecule is CCS(=O)(=O)c1ccc(CNC(=O)c2ccc3c(ccn3Cc3ccccc3C(F)(F)F)c2)nc1. The number of rotatable bonds is 7. The van der Waals surface area contributed by atoms with Crippen LogP contribution in [0.25, 0.3) is 10.9 Å². The maximum atomic E-state index is 13.3. The van der Waals surface area contributed by atoms with E-state index in [1.165, 1.54) is 24.4 Å². The molecular formula is C25H22F3N3O3S. The summed E-state index contributed by atoms with van der Waals surface area (Å²) in [5, 5.41) is 3.46. The van der Waals surface area contributed by atoms with Gasteiger partial charge in [0.15, 0.2) is 9.84 Å². The van der Waals surface area contributed by atoms with Gasteiger partial charge in [-0.1, -0.05) is 25.1 Å². The van der Waals surface area contributed by atoms with Gasteiger partial charge in [0.2, 0.25) is 0 Å². The van der Waals surface area contributed by atoms with Gasteiger partial charge < -0.3 is 9.88 Å². The fourth-order valence-corrected chi connectivity index (χ4v) is 4.56. The van der Waals surface area contributed by atoms with Crippen LogP contribution in [0, 0.1) is 0 Å². The first-order valence-corrected chi connectivity index (χ1v) is 12.4. The Morgan fingerprint density at radius 3 is 2.51 bits per heavy atom. The Morgan fingerprint density at radius 2 is 1.83 bits per heavy atom. The highest BCUT2D eigenvalue weighted by atomic mass is 32.2. The lowest BCUT2D eigenvalue weighted by Gasteiger charge is -2.14. The highest BCUT2D eigenvalue weighted by Crippen LogP contribution is 2.32. The molecule has 1 N–H and O–H groups in total. The van der Waals surface area contributed by atoms with Gasteiger partial charge >= 0.3 is 6.18 Å². The fraction of sp³-hybridized carbons (Fsp3) is 0.200. The van der Waals surface area contributed by atoms with Gasteiger partial charge in [0.05, 0.1) is 28.5 Å². The first kappa shape index (κ1) is 24.5. The number of nitrogens with zero attached hydrogens (tertiary/aromatic N) is 2. The maximum absolute atomic E-state index is 13.3. The third-order valence-electron chi connectivity index (χ3n) is 5.66. The Morgan fingerprint density at radius 1 is 1.06 bits per heavy atom. The summed E-state index contributed by atoms with van der Waals surface area (Å²) in [6.45, 7) is 1.70. The summed E-state index contributed by atoms with van der Waals surface area (Å²) in [5.41, 5.74) is 1.07. The van der Waals surface area contributed by atoms with Crippen LogP contribution < -0.4 is 5.32 Å². The molecule has 4 aromatic rings. The van der Waals surface area contributed by atoms with Crippen LogP contribution >= 0.6 is 0 Å². The summed E-state index contributed by atoms with van der Waals surface area (Å²) in [5.74, 6) is -0.377. The van der Waals surface area contributed by atoms with Gasteiger partial charge in [-0.15, -0.1) is 0 Å². The van der Waals surface area contributed by atoms with E-state index in [4.69, 9.17) is 0 Å². The normalized spacial score (nSPS) is 12.1. The number of benzene rings is 2. The maximum Gasteiger partial charge on any atom is 0.416 e. The summed E-state index contributed by atoms with van der Waals surface area (Å²) in [6.07, 6.45) is -1.48. The molecule has 4 rings (SSSR count). The molecule has 2 heterocycles. The number of carbonyl (C=O) groups is 1. The molecule has 0 aliphatic rings. The molecule has 1 amide bonds.